The summed E-state index contributed by atoms with van der Waals surface area (Å²) in [4.78, 5) is 31.4. The van der Waals surface area contributed by atoms with Crippen molar-refractivity contribution >= 4 is 45.0 Å². The fourth-order valence-electron chi connectivity index (χ4n) is 4.46. The summed E-state index contributed by atoms with van der Waals surface area (Å²) in [5.74, 6) is -0.416. The van der Waals surface area contributed by atoms with Crippen molar-refractivity contribution in [2.75, 3.05) is 26.2 Å². The highest BCUT2D eigenvalue weighted by Crippen LogP contribution is 2.30. The summed E-state index contributed by atoms with van der Waals surface area (Å²) in [6, 6.07) is 11.4. The molecule has 0 radical (unpaired) electrons. The number of hydrogen-bond acceptors (Lipinski definition) is 9. The monoisotopic (exact) mass is 560 g/mol. The molecule has 0 spiro atoms. The number of aromatic nitrogens is 3. The van der Waals surface area contributed by atoms with E-state index in [0.29, 0.717) is 35.4 Å². The van der Waals surface area contributed by atoms with E-state index in [4.69, 9.17) is 5.73 Å². The third-order valence-corrected chi connectivity index (χ3v) is 10.4. The number of ketones is 1. The average Bonchev–Trinajstić information content (AvgIpc) is 3.69. The molecule has 2 aromatic heterocycles. The minimum atomic E-state index is -3.66. The zero-order valence-corrected chi connectivity index (χ0v) is 22.6. The van der Waals surface area contributed by atoms with Gasteiger partial charge in [-0.15, -0.1) is 16.4 Å². The Balaban J connectivity index is 1.36. The highest BCUT2D eigenvalue weighted by molar-refractivity contribution is 7.98. The van der Waals surface area contributed by atoms with Crippen molar-refractivity contribution in [3.63, 3.8) is 0 Å². The largest absolute Gasteiger partial charge is 0.326 e. The normalized spacial score (nSPS) is 19.5. The number of Topliss-reactive ketones (excluding diaryl/α,β-unsaturated/α-hetero) is 1. The molecule has 1 aromatic carbocycles. The molecule has 0 bridgehead atoms. The van der Waals surface area contributed by atoms with E-state index in [1.165, 1.54) is 36.4 Å². The zero-order chi connectivity index (χ0) is 26.0. The van der Waals surface area contributed by atoms with Gasteiger partial charge in [-0.3, -0.25) is 9.59 Å². The first-order valence-corrected chi connectivity index (χ1v) is 15.4. The number of nitrogens with two attached hydrogens (primary N) is 1. The van der Waals surface area contributed by atoms with Crippen LogP contribution in [-0.2, 0) is 27.3 Å². The molecule has 3 aromatic rings. The minimum absolute atomic E-state index is 0.207. The Labute approximate surface area is 224 Å². The van der Waals surface area contributed by atoms with E-state index in [1.54, 1.807) is 12.1 Å². The Hall–Kier alpha value is -2.42. The predicted octanol–water partition coefficient (Wildman–Crippen LogP) is 2.48. The summed E-state index contributed by atoms with van der Waals surface area (Å²) in [6.07, 6.45) is 1.94. The van der Waals surface area contributed by atoms with Gasteiger partial charge in [0.1, 0.15) is 0 Å². The van der Waals surface area contributed by atoms with Crippen LogP contribution in [0.1, 0.15) is 51.8 Å². The number of thioether (sulfide) groups is 1. The number of benzene rings is 1. The summed E-state index contributed by atoms with van der Waals surface area (Å²) in [5.41, 5.74) is 7.76. The standard InChI is InChI=1S/C24H28N6O4S3/c25-14-17-5-7-18(8-6-17)16-36-24-26-22(27-30(24)23(32)21-4-3-13-35-21)19-9-12-29(15-20(19)31)37(33,34)28-10-1-2-11-28/h3-8,13,19H,1-2,9-12,14-16,25H2. The molecule has 37 heavy (non-hydrogen) atoms. The lowest BCUT2D eigenvalue weighted by molar-refractivity contribution is -0.122. The highest BCUT2D eigenvalue weighted by Gasteiger charge is 2.40. The van der Waals surface area contributed by atoms with Crippen molar-refractivity contribution in [2.45, 2.75) is 42.6 Å². The zero-order valence-electron chi connectivity index (χ0n) is 20.2. The summed E-state index contributed by atoms with van der Waals surface area (Å²) < 4.78 is 29.8. The Morgan fingerprint density at radius 2 is 1.81 bits per heavy atom. The van der Waals surface area contributed by atoms with Gasteiger partial charge in [0.15, 0.2) is 16.8 Å². The van der Waals surface area contributed by atoms with Crippen molar-refractivity contribution in [3.8, 4) is 0 Å². The molecular formula is C24H28N6O4S3. The van der Waals surface area contributed by atoms with Gasteiger partial charge >= 0.3 is 0 Å². The van der Waals surface area contributed by atoms with Crippen LogP contribution in [0, 0.1) is 0 Å². The van der Waals surface area contributed by atoms with Crippen molar-refractivity contribution in [3.05, 3.63) is 63.6 Å². The molecule has 0 saturated carbocycles. The van der Waals surface area contributed by atoms with Gasteiger partial charge in [-0.25, -0.2) is 4.98 Å². The average molecular weight is 561 g/mol. The van der Waals surface area contributed by atoms with Crippen LogP contribution in [0.4, 0.5) is 0 Å². The topological polar surface area (TPSA) is 131 Å². The number of piperidine rings is 1. The van der Waals surface area contributed by atoms with E-state index in [9.17, 15) is 18.0 Å². The van der Waals surface area contributed by atoms with Gasteiger partial charge in [0.25, 0.3) is 16.1 Å². The molecule has 0 amide bonds. The molecule has 2 aliphatic rings. The smallest absolute Gasteiger partial charge is 0.290 e. The van der Waals surface area contributed by atoms with E-state index in [1.807, 2.05) is 29.6 Å². The number of rotatable bonds is 8. The molecule has 1 unspecified atom stereocenters. The minimum Gasteiger partial charge on any atom is -0.326 e. The van der Waals surface area contributed by atoms with Gasteiger partial charge < -0.3 is 5.73 Å². The van der Waals surface area contributed by atoms with Crippen LogP contribution in [0.25, 0.3) is 0 Å². The van der Waals surface area contributed by atoms with Crippen LogP contribution in [-0.4, -0.2) is 69.7 Å². The Kier molecular flexibility index (Phi) is 7.88. The quantitative estimate of drug-likeness (QED) is 0.416. The SMILES string of the molecule is NCc1ccc(CSc2nc(C3CCN(S(=O)(=O)N4CCCC4)CC3=O)nn2C(=O)c2cccs2)cc1. The lowest BCUT2D eigenvalue weighted by Crippen LogP contribution is -2.49. The molecule has 4 heterocycles. The van der Waals surface area contributed by atoms with Crippen molar-refractivity contribution in [2.24, 2.45) is 5.73 Å². The van der Waals surface area contributed by atoms with Crippen LogP contribution >= 0.6 is 23.1 Å². The van der Waals surface area contributed by atoms with E-state index >= 15 is 0 Å². The Morgan fingerprint density at radius 3 is 2.46 bits per heavy atom. The molecule has 0 aliphatic carbocycles. The Bertz CT molecular complexity index is 1370. The van der Waals surface area contributed by atoms with Crippen molar-refractivity contribution < 1.29 is 18.0 Å². The Morgan fingerprint density at radius 1 is 1.08 bits per heavy atom. The lowest BCUT2D eigenvalue weighted by atomic mass is 9.96. The van der Waals surface area contributed by atoms with Crippen molar-refractivity contribution in [1.82, 2.24) is 23.4 Å². The van der Waals surface area contributed by atoms with Gasteiger partial charge in [-0.1, -0.05) is 42.1 Å². The number of hydrogen-bond donors (Lipinski definition) is 1. The maximum absolute atomic E-state index is 13.2. The molecule has 5 rings (SSSR count). The summed E-state index contributed by atoms with van der Waals surface area (Å²) >= 11 is 2.67. The van der Waals surface area contributed by atoms with Gasteiger partial charge in [-0.2, -0.15) is 21.7 Å². The molecule has 13 heteroatoms. The predicted molar refractivity (Wildman–Crippen MR) is 142 cm³/mol. The fraction of sp³-hybridized carbons (Fsp3) is 0.417. The lowest BCUT2D eigenvalue weighted by Gasteiger charge is -2.31. The van der Waals surface area contributed by atoms with Gasteiger partial charge in [0.2, 0.25) is 0 Å². The maximum Gasteiger partial charge on any atom is 0.290 e. The summed E-state index contributed by atoms with van der Waals surface area (Å²) in [5, 5.41) is 6.69. The molecular weight excluding hydrogens is 533 g/mol. The molecule has 2 aliphatic heterocycles. The summed E-state index contributed by atoms with van der Waals surface area (Å²) in [6.45, 7) is 1.43. The second-order valence-corrected chi connectivity index (χ2v) is 12.8. The van der Waals surface area contributed by atoms with E-state index in [0.717, 1.165) is 24.0 Å². The number of carbonyl (C=O) groups is 2. The first kappa shape index (κ1) is 26.2. The van der Waals surface area contributed by atoms with E-state index < -0.39 is 16.1 Å². The third-order valence-electron chi connectivity index (χ3n) is 6.56. The van der Waals surface area contributed by atoms with Gasteiger partial charge in [0, 0.05) is 31.9 Å². The molecule has 2 N–H and O–H groups in total. The molecule has 1 atom stereocenters. The highest BCUT2D eigenvalue weighted by atomic mass is 32.2. The van der Waals surface area contributed by atoms with Gasteiger partial charge in [-0.05, 0) is 41.8 Å². The molecule has 10 nitrogen and oxygen atoms in total. The molecule has 2 fully saturated rings. The molecule has 196 valence electrons. The molecule has 2 saturated heterocycles. The first-order valence-electron chi connectivity index (χ1n) is 12.1. The van der Waals surface area contributed by atoms with Crippen LogP contribution in [0.15, 0.2) is 46.9 Å². The van der Waals surface area contributed by atoms with Gasteiger partial charge in [0.05, 0.1) is 17.3 Å². The second-order valence-electron chi connectivity index (χ2n) is 9.01. The number of carbonyl (C=O) groups excluding carboxylic acids is 2. The van der Waals surface area contributed by atoms with Crippen LogP contribution in [0.2, 0.25) is 0 Å². The van der Waals surface area contributed by atoms with Crippen molar-refractivity contribution in [1.29, 1.82) is 0 Å². The second kappa shape index (κ2) is 11.1. The van der Waals surface area contributed by atoms with Crippen LogP contribution in [0.3, 0.4) is 0 Å². The van der Waals surface area contributed by atoms with Crippen LogP contribution in [0.5, 0.6) is 0 Å². The fourth-order valence-corrected chi connectivity index (χ4v) is 7.67. The summed E-state index contributed by atoms with van der Waals surface area (Å²) in [7, 11) is -3.66. The van der Waals surface area contributed by atoms with Crippen LogP contribution < -0.4 is 5.73 Å². The third kappa shape index (κ3) is 5.56. The number of thiophene rings is 1. The maximum atomic E-state index is 13.2. The van der Waals surface area contributed by atoms with E-state index in [2.05, 4.69) is 10.1 Å². The first-order chi connectivity index (χ1) is 17.9. The van der Waals surface area contributed by atoms with E-state index in [-0.39, 0.29) is 37.0 Å². The number of nitrogens with zero attached hydrogens (tertiary/aromatic N) is 5.